The molecule has 1 aliphatic rings. The topological polar surface area (TPSA) is 77.0 Å². The molecule has 0 fully saturated rings. The van der Waals surface area contributed by atoms with Crippen LogP contribution in [0.5, 0.6) is 0 Å². The number of esters is 1. The summed E-state index contributed by atoms with van der Waals surface area (Å²) in [7, 11) is 0. The molecule has 2 rings (SSSR count). The number of carbonyl (C=O) groups is 2. The zero-order chi connectivity index (χ0) is 17.2. The van der Waals surface area contributed by atoms with Crippen molar-refractivity contribution in [2.45, 2.75) is 45.8 Å². The van der Waals surface area contributed by atoms with Gasteiger partial charge in [0.25, 0.3) is 5.91 Å². The molecule has 23 heavy (non-hydrogen) atoms. The normalized spacial score (nSPS) is 20.0. The van der Waals surface area contributed by atoms with Crippen LogP contribution >= 0.6 is 11.6 Å². The maximum atomic E-state index is 12.4. The summed E-state index contributed by atoms with van der Waals surface area (Å²) in [5.41, 5.74) is 0.329. The molecule has 6 nitrogen and oxygen atoms in total. The Hall–Kier alpha value is -2.08. The van der Waals surface area contributed by atoms with E-state index >= 15 is 0 Å². The van der Waals surface area contributed by atoms with Gasteiger partial charge in [-0.25, -0.2) is 4.79 Å². The highest BCUT2D eigenvalue weighted by atomic mass is 35.5. The summed E-state index contributed by atoms with van der Waals surface area (Å²) in [6, 6.07) is 4.63. The van der Waals surface area contributed by atoms with Gasteiger partial charge in [0, 0.05) is 12.1 Å². The number of amides is 1. The molecule has 0 radical (unpaired) electrons. The van der Waals surface area contributed by atoms with Crippen molar-refractivity contribution in [1.82, 2.24) is 0 Å². The van der Waals surface area contributed by atoms with E-state index in [4.69, 9.17) is 21.2 Å². The Labute approximate surface area is 139 Å². The molecule has 1 aromatic carbocycles. The van der Waals surface area contributed by atoms with Crippen LogP contribution in [-0.2, 0) is 14.4 Å². The fourth-order valence-corrected chi connectivity index (χ4v) is 2.35. The Balaban J connectivity index is 2.15. The van der Waals surface area contributed by atoms with Crippen molar-refractivity contribution in [3.8, 4) is 0 Å². The third-order valence-electron chi connectivity index (χ3n) is 3.26. The minimum atomic E-state index is -1.05. The Morgan fingerprint density at radius 1 is 1.43 bits per heavy atom. The molecular formula is C16H19ClN2O4. The molecule has 0 aromatic heterocycles. The number of nitrogens with zero attached hydrogens (tertiary/aromatic N) is 1. The molecule has 7 heteroatoms. The van der Waals surface area contributed by atoms with E-state index in [-0.39, 0.29) is 22.6 Å². The van der Waals surface area contributed by atoms with Crippen LogP contribution in [0.15, 0.2) is 23.4 Å². The van der Waals surface area contributed by atoms with Crippen LogP contribution in [-0.4, -0.2) is 29.3 Å². The maximum Gasteiger partial charge on any atom is 0.339 e. The number of carbonyl (C=O) groups excluding carboxylic acids is 2. The summed E-state index contributed by atoms with van der Waals surface area (Å²) < 4.78 is 5.13. The highest BCUT2D eigenvalue weighted by Gasteiger charge is 2.40. The lowest BCUT2D eigenvalue weighted by Gasteiger charge is -2.20. The van der Waals surface area contributed by atoms with Gasteiger partial charge < -0.3 is 14.9 Å². The third kappa shape index (κ3) is 4.01. The van der Waals surface area contributed by atoms with E-state index in [2.05, 4.69) is 10.5 Å². The minimum absolute atomic E-state index is 0.197. The van der Waals surface area contributed by atoms with Crippen LogP contribution in [0.3, 0.4) is 0 Å². The Morgan fingerprint density at radius 3 is 2.70 bits per heavy atom. The standard InChI is InChI=1S/C16H19ClN2O4/c1-9(2)22-14(20)12-7-11(5-6-13(12)17)18-15(21)16(4)8-10(3)19-23-16/h5-7,9H,8H2,1-4H3,(H,18,21). The van der Waals surface area contributed by atoms with Crippen molar-refractivity contribution >= 4 is 34.9 Å². The Kier molecular flexibility index (Phi) is 4.94. The van der Waals surface area contributed by atoms with Crippen LogP contribution in [0.1, 0.15) is 44.5 Å². The molecule has 1 heterocycles. The maximum absolute atomic E-state index is 12.4. The lowest BCUT2D eigenvalue weighted by molar-refractivity contribution is -0.135. The van der Waals surface area contributed by atoms with Gasteiger partial charge in [0.15, 0.2) is 0 Å². The number of hydrogen-bond donors (Lipinski definition) is 1. The fourth-order valence-electron chi connectivity index (χ4n) is 2.15. The number of benzene rings is 1. The largest absolute Gasteiger partial charge is 0.459 e. The third-order valence-corrected chi connectivity index (χ3v) is 3.59. The van der Waals surface area contributed by atoms with E-state index in [1.165, 1.54) is 12.1 Å². The summed E-state index contributed by atoms with van der Waals surface area (Å²) >= 11 is 6.03. The van der Waals surface area contributed by atoms with Crippen LogP contribution in [0, 0.1) is 0 Å². The molecule has 1 aromatic rings. The fraction of sp³-hybridized carbons (Fsp3) is 0.438. The number of anilines is 1. The van der Waals surface area contributed by atoms with Crippen molar-refractivity contribution in [3.63, 3.8) is 0 Å². The monoisotopic (exact) mass is 338 g/mol. The molecule has 1 aliphatic heterocycles. The molecule has 0 saturated heterocycles. The Bertz CT molecular complexity index is 672. The SMILES string of the molecule is CC1=NOC(C)(C(=O)Nc2ccc(Cl)c(C(=O)OC(C)C)c2)C1. The van der Waals surface area contributed by atoms with Gasteiger partial charge in [-0.3, -0.25) is 4.79 Å². The van der Waals surface area contributed by atoms with E-state index in [0.717, 1.165) is 5.71 Å². The minimum Gasteiger partial charge on any atom is -0.459 e. The quantitative estimate of drug-likeness (QED) is 0.853. The Morgan fingerprint density at radius 2 is 2.13 bits per heavy atom. The highest BCUT2D eigenvalue weighted by molar-refractivity contribution is 6.33. The molecule has 1 atom stereocenters. The number of halogens is 1. The molecule has 0 saturated carbocycles. The first-order valence-electron chi connectivity index (χ1n) is 7.25. The van der Waals surface area contributed by atoms with Gasteiger partial charge >= 0.3 is 5.97 Å². The number of ether oxygens (including phenoxy) is 1. The van der Waals surface area contributed by atoms with Gasteiger partial charge in [0.05, 0.1) is 22.4 Å². The second-order valence-electron chi connectivity index (χ2n) is 5.93. The van der Waals surface area contributed by atoms with Gasteiger partial charge in [-0.2, -0.15) is 0 Å². The van der Waals surface area contributed by atoms with Crippen LogP contribution in [0.25, 0.3) is 0 Å². The number of rotatable bonds is 4. The van der Waals surface area contributed by atoms with Gasteiger partial charge in [-0.1, -0.05) is 16.8 Å². The molecule has 0 aliphatic carbocycles. The van der Waals surface area contributed by atoms with E-state index in [1.54, 1.807) is 33.8 Å². The van der Waals surface area contributed by atoms with Crippen molar-refractivity contribution in [2.75, 3.05) is 5.32 Å². The highest BCUT2D eigenvalue weighted by Crippen LogP contribution is 2.27. The zero-order valence-electron chi connectivity index (χ0n) is 13.5. The van der Waals surface area contributed by atoms with Crippen molar-refractivity contribution in [1.29, 1.82) is 0 Å². The van der Waals surface area contributed by atoms with Crippen LogP contribution in [0.2, 0.25) is 5.02 Å². The predicted octanol–water partition coefficient (Wildman–Crippen LogP) is 3.40. The second kappa shape index (κ2) is 6.58. The van der Waals surface area contributed by atoms with Gasteiger partial charge in [-0.05, 0) is 45.9 Å². The summed E-state index contributed by atoms with van der Waals surface area (Å²) in [5.74, 6) is -0.882. The second-order valence-corrected chi connectivity index (χ2v) is 6.34. The van der Waals surface area contributed by atoms with Gasteiger partial charge in [0.2, 0.25) is 5.60 Å². The van der Waals surface area contributed by atoms with Gasteiger partial charge in [-0.15, -0.1) is 0 Å². The number of oxime groups is 1. The first-order valence-corrected chi connectivity index (χ1v) is 7.63. The molecule has 0 spiro atoms. The lowest BCUT2D eigenvalue weighted by Crippen LogP contribution is -2.40. The average molecular weight is 339 g/mol. The average Bonchev–Trinajstić information content (AvgIpc) is 2.81. The van der Waals surface area contributed by atoms with E-state index in [9.17, 15) is 9.59 Å². The lowest BCUT2D eigenvalue weighted by atomic mass is 9.99. The van der Waals surface area contributed by atoms with Crippen molar-refractivity contribution in [3.05, 3.63) is 28.8 Å². The first-order chi connectivity index (χ1) is 10.7. The van der Waals surface area contributed by atoms with E-state index in [0.29, 0.717) is 12.1 Å². The molecule has 1 N–H and O–H groups in total. The van der Waals surface area contributed by atoms with Gasteiger partial charge in [0.1, 0.15) is 0 Å². The zero-order valence-corrected chi connectivity index (χ0v) is 14.2. The summed E-state index contributed by atoms with van der Waals surface area (Å²) in [6.07, 6.45) is 0.150. The smallest absolute Gasteiger partial charge is 0.339 e. The van der Waals surface area contributed by atoms with Crippen LogP contribution < -0.4 is 5.32 Å². The summed E-state index contributed by atoms with van der Waals surface area (Å²) in [4.78, 5) is 29.6. The first kappa shape index (κ1) is 17.3. The molecule has 1 amide bonds. The van der Waals surface area contributed by atoms with Crippen LogP contribution in [0.4, 0.5) is 5.69 Å². The van der Waals surface area contributed by atoms with E-state index < -0.39 is 11.6 Å². The summed E-state index contributed by atoms with van der Waals surface area (Å²) in [5, 5.41) is 6.78. The molecule has 0 bridgehead atoms. The number of nitrogens with one attached hydrogen (secondary N) is 1. The van der Waals surface area contributed by atoms with E-state index in [1.807, 2.05) is 0 Å². The number of hydrogen-bond acceptors (Lipinski definition) is 5. The molecule has 1 unspecified atom stereocenters. The van der Waals surface area contributed by atoms with Crippen molar-refractivity contribution < 1.29 is 19.2 Å². The molecular weight excluding hydrogens is 320 g/mol. The summed E-state index contributed by atoms with van der Waals surface area (Å²) in [6.45, 7) is 6.95. The molecule has 124 valence electrons. The van der Waals surface area contributed by atoms with Crippen molar-refractivity contribution in [2.24, 2.45) is 5.16 Å². The predicted molar refractivity (Wildman–Crippen MR) is 87.8 cm³/mol.